The van der Waals surface area contributed by atoms with Crippen molar-refractivity contribution in [3.05, 3.63) is 89.5 Å². The minimum atomic E-state index is -4.53. The van der Waals surface area contributed by atoms with Gasteiger partial charge in [-0.05, 0) is 34.4 Å². The highest BCUT2D eigenvalue weighted by Crippen LogP contribution is 2.40. The summed E-state index contributed by atoms with van der Waals surface area (Å²) in [6.45, 7) is 9.78. The molecule has 0 aliphatic carbocycles. The average Bonchev–Trinajstić information content (AvgIpc) is 3.61. The maximum atomic E-state index is 13.9. The quantitative estimate of drug-likeness (QED) is 0.266. The van der Waals surface area contributed by atoms with E-state index in [2.05, 4.69) is 10.1 Å². The number of carbonyl (C=O) groups is 1. The van der Waals surface area contributed by atoms with Gasteiger partial charge in [0.05, 0.1) is 12.0 Å². The van der Waals surface area contributed by atoms with Crippen LogP contribution >= 0.6 is 0 Å². The number of aliphatic carboxylic acids is 1. The lowest BCUT2D eigenvalue weighted by molar-refractivity contribution is -0.138. The van der Waals surface area contributed by atoms with Gasteiger partial charge in [0.1, 0.15) is 5.69 Å². The molecule has 39 heavy (non-hydrogen) atoms. The van der Waals surface area contributed by atoms with Crippen molar-refractivity contribution >= 4 is 5.97 Å². The molecule has 0 saturated heterocycles. The highest BCUT2D eigenvalue weighted by molar-refractivity contribution is 5.74. The van der Waals surface area contributed by atoms with Gasteiger partial charge in [0.2, 0.25) is 0 Å². The summed E-state index contributed by atoms with van der Waals surface area (Å²) in [5.74, 6) is -0.587. The van der Waals surface area contributed by atoms with Gasteiger partial charge in [-0.2, -0.15) is 13.2 Å². The molecule has 8 heteroatoms. The van der Waals surface area contributed by atoms with Crippen molar-refractivity contribution in [2.24, 2.45) is 0 Å². The third-order valence-corrected chi connectivity index (χ3v) is 6.14. The fraction of sp³-hybridized carbons (Fsp3) is 0.290. The number of benzene rings is 3. The monoisotopic (exact) mass is 538 g/mol. The van der Waals surface area contributed by atoms with E-state index in [1.807, 2.05) is 45.9 Å². The first-order valence-corrected chi connectivity index (χ1v) is 13.1. The largest absolute Gasteiger partial charge is 0.481 e. The smallest absolute Gasteiger partial charge is 0.417 e. The molecular weight excluding hydrogens is 505 g/mol. The molecule has 0 unspecified atom stereocenters. The lowest BCUT2D eigenvalue weighted by Crippen LogP contribution is -2.20. The minimum absolute atomic E-state index is 0.0798. The molecular formula is C31H33F3N2O3. The Balaban J connectivity index is 0.00000100. The van der Waals surface area contributed by atoms with Crippen LogP contribution in [0.1, 0.15) is 50.8 Å². The Morgan fingerprint density at radius 1 is 0.872 bits per heavy atom. The Labute approximate surface area is 226 Å². The number of rotatable bonds is 6. The highest BCUT2D eigenvalue weighted by atomic mass is 19.4. The van der Waals surface area contributed by atoms with E-state index in [1.54, 1.807) is 42.5 Å². The summed E-state index contributed by atoms with van der Waals surface area (Å²) >= 11 is 0. The van der Waals surface area contributed by atoms with Crippen molar-refractivity contribution in [1.82, 2.24) is 10.1 Å². The molecule has 1 aliphatic heterocycles. The van der Waals surface area contributed by atoms with Crippen LogP contribution in [-0.2, 0) is 24.1 Å². The summed E-state index contributed by atoms with van der Waals surface area (Å²) in [6.07, 6.45) is -4.45. The number of hydrogen-bond acceptors (Lipinski definition) is 4. The van der Waals surface area contributed by atoms with E-state index in [9.17, 15) is 18.0 Å². The molecule has 4 aromatic rings. The topological polar surface area (TPSA) is 66.6 Å². The lowest BCUT2D eigenvalue weighted by Gasteiger charge is -2.14. The van der Waals surface area contributed by atoms with Crippen LogP contribution in [0, 0.1) is 0 Å². The molecule has 1 N–H and O–H groups in total. The average molecular weight is 539 g/mol. The molecule has 0 amide bonds. The van der Waals surface area contributed by atoms with Crippen LogP contribution in [0.2, 0.25) is 0 Å². The number of fused-ring (bicyclic) bond motifs is 1. The maximum absolute atomic E-state index is 13.9. The summed E-state index contributed by atoms with van der Waals surface area (Å²) in [5, 5.41) is 13.0. The molecule has 0 radical (unpaired) electrons. The molecule has 206 valence electrons. The summed E-state index contributed by atoms with van der Waals surface area (Å²) in [4.78, 5) is 12.9. The molecule has 0 bridgehead atoms. The van der Waals surface area contributed by atoms with Gasteiger partial charge in [-0.15, -0.1) is 0 Å². The molecule has 1 aliphatic rings. The van der Waals surface area contributed by atoms with Crippen molar-refractivity contribution in [2.45, 2.75) is 53.4 Å². The van der Waals surface area contributed by atoms with Gasteiger partial charge in [-0.3, -0.25) is 9.69 Å². The van der Waals surface area contributed by atoms with Crippen molar-refractivity contribution in [1.29, 1.82) is 0 Å². The molecule has 0 atom stereocenters. The fourth-order valence-electron chi connectivity index (χ4n) is 4.39. The van der Waals surface area contributed by atoms with Gasteiger partial charge in [-0.1, -0.05) is 87.4 Å². The number of carboxylic acids is 1. The second kappa shape index (κ2) is 13.2. The van der Waals surface area contributed by atoms with Gasteiger partial charge in [0.25, 0.3) is 0 Å². The van der Waals surface area contributed by atoms with Gasteiger partial charge in [0, 0.05) is 36.8 Å². The van der Waals surface area contributed by atoms with Crippen LogP contribution in [0.4, 0.5) is 13.2 Å². The Kier molecular flexibility index (Phi) is 10.1. The molecule has 0 saturated carbocycles. The van der Waals surface area contributed by atoms with Crippen molar-refractivity contribution in [3.8, 4) is 33.7 Å². The van der Waals surface area contributed by atoms with Crippen LogP contribution in [0.3, 0.4) is 0 Å². The zero-order valence-corrected chi connectivity index (χ0v) is 22.5. The SMILES string of the molecule is CC.CC.O=C(O)CCN1Cc2ccc(-c3cc(-c4ccc(-c5ccccc5)c(C(F)(F)F)c4)on3)cc2C1. The molecule has 3 aromatic carbocycles. The van der Waals surface area contributed by atoms with Crippen LogP contribution in [0.15, 0.2) is 77.3 Å². The number of aromatic nitrogens is 1. The van der Waals surface area contributed by atoms with E-state index >= 15 is 0 Å². The first-order valence-electron chi connectivity index (χ1n) is 13.1. The van der Waals surface area contributed by atoms with Crippen molar-refractivity contribution in [2.75, 3.05) is 6.54 Å². The number of carboxylic acid groups (broad SMARTS) is 1. The normalized spacial score (nSPS) is 12.6. The molecule has 0 fully saturated rings. The van der Waals surface area contributed by atoms with E-state index in [-0.39, 0.29) is 23.3 Å². The van der Waals surface area contributed by atoms with E-state index < -0.39 is 17.7 Å². The third kappa shape index (κ3) is 7.15. The van der Waals surface area contributed by atoms with Crippen molar-refractivity contribution < 1.29 is 27.6 Å². The summed E-state index contributed by atoms with van der Waals surface area (Å²) in [5.41, 5.74) is 3.64. The maximum Gasteiger partial charge on any atom is 0.417 e. The van der Waals surface area contributed by atoms with Gasteiger partial charge < -0.3 is 9.63 Å². The fourth-order valence-corrected chi connectivity index (χ4v) is 4.39. The minimum Gasteiger partial charge on any atom is -0.481 e. The second-order valence-electron chi connectivity index (χ2n) is 8.54. The van der Waals surface area contributed by atoms with Crippen LogP contribution in [-0.4, -0.2) is 27.7 Å². The Hall–Kier alpha value is -3.91. The highest BCUT2D eigenvalue weighted by Gasteiger charge is 2.34. The zero-order chi connectivity index (χ0) is 28.6. The Morgan fingerprint density at radius 2 is 1.54 bits per heavy atom. The van der Waals surface area contributed by atoms with E-state index in [4.69, 9.17) is 9.63 Å². The molecule has 5 nitrogen and oxygen atoms in total. The summed E-state index contributed by atoms with van der Waals surface area (Å²) in [6, 6.07) is 20.1. The number of nitrogens with zero attached hydrogens (tertiary/aromatic N) is 2. The van der Waals surface area contributed by atoms with Gasteiger partial charge in [-0.25, -0.2) is 0 Å². The molecule has 0 spiro atoms. The van der Waals surface area contributed by atoms with Crippen LogP contribution in [0.25, 0.3) is 33.7 Å². The second-order valence-corrected chi connectivity index (χ2v) is 8.54. The Morgan fingerprint density at radius 3 is 2.21 bits per heavy atom. The van der Waals surface area contributed by atoms with E-state index in [0.29, 0.717) is 30.9 Å². The van der Waals surface area contributed by atoms with Crippen molar-refractivity contribution in [3.63, 3.8) is 0 Å². The molecule has 5 rings (SSSR count). The molecule has 1 aromatic heterocycles. The van der Waals surface area contributed by atoms with E-state index in [0.717, 1.165) is 22.8 Å². The predicted molar refractivity (Wildman–Crippen MR) is 147 cm³/mol. The van der Waals surface area contributed by atoms with Gasteiger partial charge >= 0.3 is 12.1 Å². The predicted octanol–water partition coefficient (Wildman–Crippen LogP) is 8.54. The molecule has 2 heterocycles. The standard InChI is InChI=1S/C27H21F3N2O3.2C2H6/c28-27(29,30)23-13-19(8-9-22(23)17-4-2-1-3-5-17)25-14-24(31-35-25)18-6-7-20-15-32(11-10-26(33)34)16-21(20)12-18;2*1-2/h1-9,12-14H,10-11,15-16H2,(H,33,34);2*1-2H3. The lowest BCUT2D eigenvalue weighted by atomic mass is 9.96. The van der Waals surface area contributed by atoms with Crippen LogP contribution in [0.5, 0.6) is 0 Å². The number of halogens is 3. The van der Waals surface area contributed by atoms with E-state index in [1.165, 1.54) is 6.07 Å². The summed E-state index contributed by atoms with van der Waals surface area (Å²) < 4.78 is 47.1. The Bertz CT molecular complexity index is 1380. The summed E-state index contributed by atoms with van der Waals surface area (Å²) in [7, 11) is 0. The van der Waals surface area contributed by atoms with Crippen LogP contribution < -0.4 is 0 Å². The zero-order valence-electron chi connectivity index (χ0n) is 22.5. The first kappa shape index (κ1) is 29.6. The number of hydrogen-bond donors (Lipinski definition) is 1. The number of alkyl halides is 3. The van der Waals surface area contributed by atoms with Gasteiger partial charge in [0.15, 0.2) is 5.76 Å². The first-order chi connectivity index (χ1) is 18.8. The third-order valence-electron chi connectivity index (χ3n) is 6.14.